The Bertz CT molecular complexity index is 151. The zero-order valence-corrected chi connectivity index (χ0v) is 10.3. The van der Waals surface area contributed by atoms with Crippen LogP contribution in [0.2, 0.25) is 0 Å². The third-order valence-electron chi connectivity index (χ3n) is 2.43. The Morgan fingerprint density at radius 3 is 2.14 bits per heavy atom. The van der Waals surface area contributed by atoms with Gasteiger partial charge in [0.15, 0.2) is 0 Å². The molecule has 0 atom stereocenters. The number of hydrogen-bond acceptors (Lipinski definition) is 2. The Morgan fingerprint density at radius 1 is 1.29 bits per heavy atom. The van der Waals surface area contributed by atoms with E-state index in [4.69, 9.17) is 5.11 Å². The van der Waals surface area contributed by atoms with Crippen molar-refractivity contribution >= 4 is 17.7 Å². The lowest BCUT2D eigenvalue weighted by Crippen LogP contribution is -2.22. The first kappa shape index (κ1) is 13.8. The quantitative estimate of drug-likeness (QED) is 0.788. The molecule has 0 aromatic rings. The third kappa shape index (κ3) is 4.89. The van der Waals surface area contributed by atoms with E-state index in [1.165, 1.54) is 0 Å². The second-order valence-corrected chi connectivity index (χ2v) is 4.84. The molecule has 0 bridgehead atoms. The smallest absolute Gasteiger partial charge is 0.306 e. The minimum Gasteiger partial charge on any atom is -0.481 e. The monoisotopic (exact) mass is 218 g/mol. The maximum absolute atomic E-state index is 10.6. The molecular weight excluding hydrogens is 196 g/mol. The number of hydrogen-bond donors (Lipinski definition) is 1. The van der Waals surface area contributed by atoms with Gasteiger partial charge in [0, 0.05) is 5.25 Å². The van der Waals surface area contributed by atoms with Crippen molar-refractivity contribution in [1.82, 2.24) is 0 Å². The standard InChI is InChI=1S/C9H16O2S.C2H6/c1-2-12-8-5-3-7(4-6-8)9(10)11;1-2/h7-8H,2-6H2,1H3,(H,10,11);1-2H3. The SMILES string of the molecule is CC.CCSC1CCC(C(=O)O)CC1. The normalized spacial score (nSPS) is 26.2. The molecule has 0 heterocycles. The highest BCUT2D eigenvalue weighted by Crippen LogP contribution is 2.31. The fourth-order valence-corrected chi connectivity index (χ4v) is 2.79. The molecule has 0 aromatic carbocycles. The Kier molecular flexibility index (Phi) is 8.05. The predicted molar refractivity (Wildman–Crippen MR) is 62.9 cm³/mol. The number of thioether (sulfide) groups is 1. The zero-order chi connectivity index (χ0) is 11.0. The van der Waals surface area contributed by atoms with Crippen molar-refractivity contribution in [1.29, 1.82) is 0 Å². The van der Waals surface area contributed by atoms with Crippen LogP contribution in [0.25, 0.3) is 0 Å². The number of carbonyl (C=O) groups is 1. The van der Waals surface area contributed by atoms with Gasteiger partial charge in [0.25, 0.3) is 0 Å². The summed E-state index contributed by atoms with van der Waals surface area (Å²) < 4.78 is 0. The maximum Gasteiger partial charge on any atom is 0.306 e. The van der Waals surface area contributed by atoms with Crippen LogP contribution < -0.4 is 0 Å². The fraction of sp³-hybridized carbons (Fsp3) is 0.909. The minimum absolute atomic E-state index is 0.0568. The number of carboxylic acid groups (broad SMARTS) is 1. The first-order chi connectivity index (χ1) is 6.74. The van der Waals surface area contributed by atoms with Crippen LogP contribution in [0.3, 0.4) is 0 Å². The van der Waals surface area contributed by atoms with Crippen LogP contribution in [-0.4, -0.2) is 22.1 Å². The Morgan fingerprint density at radius 2 is 1.79 bits per heavy atom. The van der Waals surface area contributed by atoms with Crippen molar-refractivity contribution in [3.63, 3.8) is 0 Å². The van der Waals surface area contributed by atoms with Crippen molar-refractivity contribution < 1.29 is 9.90 Å². The average Bonchev–Trinajstić information content (AvgIpc) is 2.22. The van der Waals surface area contributed by atoms with Crippen LogP contribution >= 0.6 is 11.8 Å². The summed E-state index contributed by atoms with van der Waals surface area (Å²) in [6.07, 6.45) is 3.95. The molecular formula is C11H22O2S. The molecule has 1 saturated carbocycles. The van der Waals surface area contributed by atoms with Crippen LogP contribution in [0.5, 0.6) is 0 Å². The van der Waals surface area contributed by atoms with Crippen LogP contribution in [0.1, 0.15) is 46.5 Å². The van der Waals surface area contributed by atoms with Crippen LogP contribution in [0, 0.1) is 5.92 Å². The highest BCUT2D eigenvalue weighted by molar-refractivity contribution is 7.99. The van der Waals surface area contributed by atoms with E-state index in [1.54, 1.807) is 0 Å². The van der Waals surface area contributed by atoms with E-state index in [9.17, 15) is 4.79 Å². The summed E-state index contributed by atoms with van der Waals surface area (Å²) in [6.45, 7) is 6.16. The van der Waals surface area contributed by atoms with E-state index in [-0.39, 0.29) is 5.92 Å². The number of carboxylic acids is 1. The van der Waals surface area contributed by atoms with Gasteiger partial charge in [-0.15, -0.1) is 0 Å². The molecule has 1 aliphatic rings. The summed E-state index contributed by atoms with van der Waals surface area (Å²) in [6, 6.07) is 0. The lowest BCUT2D eigenvalue weighted by atomic mass is 9.89. The Labute approximate surface area is 91.5 Å². The average molecular weight is 218 g/mol. The first-order valence-electron chi connectivity index (χ1n) is 5.58. The highest BCUT2D eigenvalue weighted by atomic mass is 32.2. The molecule has 0 saturated heterocycles. The Hall–Kier alpha value is -0.180. The summed E-state index contributed by atoms with van der Waals surface area (Å²) >= 11 is 1.97. The predicted octanol–water partition coefficient (Wildman–Crippen LogP) is 3.41. The lowest BCUT2D eigenvalue weighted by Gasteiger charge is -2.25. The molecule has 84 valence electrons. The van der Waals surface area contributed by atoms with Gasteiger partial charge in [-0.3, -0.25) is 4.79 Å². The maximum atomic E-state index is 10.6. The van der Waals surface area contributed by atoms with Crippen molar-refractivity contribution in [2.45, 2.75) is 51.7 Å². The Balaban J connectivity index is 0.000000791. The second kappa shape index (κ2) is 8.16. The third-order valence-corrected chi connectivity index (χ3v) is 3.70. The van der Waals surface area contributed by atoms with E-state index in [1.807, 2.05) is 25.6 Å². The lowest BCUT2D eigenvalue weighted by molar-refractivity contribution is -0.142. The van der Waals surface area contributed by atoms with Gasteiger partial charge < -0.3 is 5.11 Å². The number of rotatable bonds is 3. The molecule has 0 radical (unpaired) electrons. The molecule has 0 amide bonds. The summed E-state index contributed by atoms with van der Waals surface area (Å²) in [5, 5.41) is 9.48. The van der Waals surface area contributed by atoms with Gasteiger partial charge in [-0.1, -0.05) is 20.8 Å². The van der Waals surface area contributed by atoms with E-state index in [0.29, 0.717) is 0 Å². The van der Waals surface area contributed by atoms with Gasteiger partial charge >= 0.3 is 5.97 Å². The minimum atomic E-state index is -0.602. The molecule has 1 N–H and O–H groups in total. The van der Waals surface area contributed by atoms with Crippen LogP contribution in [0.15, 0.2) is 0 Å². The zero-order valence-electron chi connectivity index (χ0n) is 9.45. The van der Waals surface area contributed by atoms with Gasteiger partial charge in [-0.05, 0) is 31.4 Å². The van der Waals surface area contributed by atoms with E-state index in [0.717, 1.165) is 36.7 Å². The first-order valence-corrected chi connectivity index (χ1v) is 6.63. The fourth-order valence-electron chi connectivity index (χ4n) is 1.71. The molecule has 1 fully saturated rings. The molecule has 0 unspecified atom stereocenters. The van der Waals surface area contributed by atoms with Gasteiger partial charge in [0.2, 0.25) is 0 Å². The van der Waals surface area contributed by atoms with Gasteiger partial charge in [-0.2, -0.15) is 11.8 Å². The molecule has 1 aliphatic carbocycles. The van der Waals surface area contributed by atoms with Crippen LogP contribution in [0.4, 0.5) is 0 Å². The molecule has 1 rings (SSSR count). The molecule has 14 heavy (non-hydrogen) atoms. The summed E-state index contributed by atoms with van der Waals surface area (Å²) in [5.41, 5.74) is 0. The largest absolute Gasteiger partial charge is 0.481 e. The van der Waals surface area contributed by atoms with Crippen molar-refractivity contribution in [3.05, 3.63) is 0 Å². The van der Waals surface area contributed by atoms with Crippen molar-refractivity contribution in [2.75, 3.05) is 5.75 Å². The summed E-state index contributed by atoms with van der Waals surface area (Å²) in [7, 11) is 0. The van der Waals surface area contributed by atoms with E-state index >= 15 is 0 Å². The second-order valence-electron chi connectivity index (χ2n) is 3.27. The topological polar surface area (TPSA) is 37.3 Å². The van der Waals surface area contributed by atoms with Crippen LogP contribution in [-0.2, 0) is 4.79 Å². The molecule has 0 aromatic heterocycles. The van der Waals surface area contributed by atoms with Gasteiger partial charge in [0.1, 0.15) is 0 Å². The summed E-state index contributed by atoms with van der Waals surface area (Å²) in [5.74, 6) is 0.497. The van der Waals surface area contributed by atoms with Gasteiger partial charge in [-0.25, -0.2) is 0 Å². The van der Waals surface area contributed by atoms with Crippen molar-refractivity contribution in [3.8, 4) is 0 Å². The van der Waals surface area contributed by atoms with Gasteiger partial charge in [0.05, 0.1) is 5.92 Å². The molecule has 2 nitrogen and oxygen atoms in total. The summed E-state index contributed by atoms with van der Waals surface area (Å²) in [4.78, 5) is 10.6. The van der Waals surface area contributed by atoms with E-state index < -0.39 is 5.97 Å². The molecule has 3 heteroatoms. The number of aliphatic carboxylic acids is 1. The van der Waals surface area contributed by atoms with Crippen molar-refractivity contribution in [2.24, 2.45) is 5.92 Å². The van der Waals surface area contributed by atoms with E-state index in [2.05, 4.69) is 6.92 Å². The molecule has 0 spiro atoms. The molecule has 0 aliphatic heterocycles. The highest BCUT2D eigenvalue weighted by Gasteiger charge is 2.25.